The van der Waals surface area contributed by atoms with Gasteiger partial charge in [-0.1, -0.05) is 18.2 Å². The van der Waals surface area contributed by atoms with E-state index in [0.717, 1.165) is 12.1 Å². The van der Waals surface area contributed by atoms with Gasteiger partial charge < -0.3 is 5.32 Å². The van der Waals surface area contributed by atoms with Crippen LogP contribution in [-0.2, 0) is 11.3 Å². The number of aryl methyl sites for hydroxylation is 1. The van der Waals surface area contributed by atoms with Crippen LogP contribution in [0.2, 0.25) is 0 Å². The Hall–Kier alpha value is -3.29. The maximum Gasteiger partial charge on any atom is 0.328 e. The Labute approximate surface area is 152 Å². The second-order valence-electron chi connectivity index (χ2n) is 6.14. The number of carbonyl (C=O) groups excluding carboxylic acids is 1. The van der Waals surface area contributed by atoms with Gasteiger partial charge in [0.05, 0.1) is 16.9 Å². The first-order valence-electron chi connectivity index (χ1n) is 8.33. The number of nitrogens with zero attached hydrogens (tertiary/aromatic N) is 1. The van der Waals surface area contributed by atoms with Crippen LogP contribution in [0.3, 0.4) is 0 Å². The lowest BCUT2D eigenvalue weighted by Crippen LogP contribution is -2.33. The van der Waals surface area contributed by atoms with Crippen LogP contribution in [0.4, 0.5) is 8.78 Å². The van der Waals surface area contributed by atoms with Crippen LogP contribution < -0.4 is 16.6 Å². The normalized spacial score (nSPS) is 12.1. The SMILES string of the molecule is CC(NC(=O)CCn1c(=O)[nH]c(=O)c2ccccc21)c1ccc(F)c(F)c1. The molecule has 2 aromatic carbocycles. The molecule has 6 nitrogen and oxygen atoms in total. The molecule has 1 heterocycles. The number of aromatic nitrogens is 2. The number of para-hydroxylation sites is 1. The molecule has 1 atom stereocenters. The first-order chi connectivity index (χ1) is 12.9. The molecule has 1 unspecified atom stereocenters. The van der Waals surface area contributed by atoms with Crippen molar-refractivity contribution in [2.75, 3.05) is 0 Å². The number of hydrogen-bond acceptors (Lipinski definition) is 3. The molecule has 1 amide bonds. The molecule has 8 heteroatoms. The monoisotopic (exact) mass is 373 g/mol. The molecule has 140 valence electrons. The Balaban J connectivity index is 1.73. The lowest BCUT2D eigenvalue weighted by molar-refractivity contribution is -0.121. The summed E-state index contributed by atoms with van der Waals surface area (Å²) in [5.41, 5.74) is -0.218. The van der Waals surface area contributed by atoms with E-state index in [4.69, 9.17) is 0 Å². The molecule has 0 fully saturated rings. The third kappa shape index (κ3) is 3.94. The Morgan fingerprint density at radius 2 is 1.89 bits per heavy atom. The Morgan fingerprint density at radius 1 is 1.15 bits per heavy atom. The molecular formula is C19H17F2N3O3. The molecule has 0 saturated heterocycles. The Morgan fingerprint density at radius 3 is 2.63 bits per heavy atom. The average Bonchev–Trinajstić information content (AvgIpc) is 2.63. The zero-order valence-electron chi connectivity index (χ0n) is 14.5. The van der Waals surface area contributed by atoms with Gasteiger partial charge >= 0.3 is 5.69 Å². The van der Waals surface area contributed by atoms with E-state index >= 15 is 0 Å². The minimum Gasteiger partial charge on any atom is -0.350 e. The number of aromatic amines is 1. The van der Waals surface area contributed by atoms with Crippen molar-refractivity contribution in [1.29, 1.82) is 0 Å². The minimum absolute atomic E-state index is 0.0238. The third-order valence-corrected chi connectivity index (χ3v) is 4.29. The van der Waals surface area contributed by atoms with Crippen molar-refractivity contribution in [2.45, 2.75) is 25.9 Å². The fraction of sp³-hybridized carbons (Fsp3) is 0.211. The van der Waals surface area contributed by atoms with Crippen LogP contribution in [0.15, 0.2) is 52.1 Å². The largest absolute Gasteiger partial charge is 0.350 e. The highest BCUT2D eigenvalue weighted by Crippen LogP contribution is 2.16. The molecule has 2 N–H and O–H groups in total. The summed E-state index contributed by atoms with van der Waals surface area (Å²) in [6.07, 6.45) is -0.0238. The lowest BCUT2D eigenvalue weighted by Gasteiger charge is -2.15. The van der Waals surface area contributed by atoms with Crippen LogP contribution in [0, 0.1) is 11.6 Å². The number of carbonyl (C=O) groups is 1. The Kier molecular flexibility index (Phi) is 5.16. The molecular weight excluding hydrogens is 356 g/mol. The molecule has 0 aliphatic carbocycles. The van der Waals surface area contributed by atoms with Gasteiger partial charge in [-0.15, -0.1) is 0 Å². The summed E-state index contributed by atoms with van der Waals surface area (Å²) in [6.45, 7) is 1.71. The van der Waals surface area contributed by atoms with E-state index in [0.29, 0.717) is 16.5 Å². The molecule has 0 radical (unpaired) electrons. The second kappa shape index (κ2) is 7.53. The van der Waals surface area contributed by atoms with Crippen LogP contribution in [0.5, 0.6) is 0 Å². The van der Waals surface area contributed by atoms with E-state index in [-0.39, 0.29) is 18.9 Å². The summed E-state index contributed by atoms with van der Waals surface area (Å²) in [4.78, 5) is 38.3. The van der Waals surface area contributed by atoms with Crippen LogP contribution in [0.1, 0.15) is 24.9 Å². The maximum atomic E-state index is 13.3. The standard InChI is InChI=1S/C19H17F2N3O3/c1-11(12-6-7-14(20)15(21)10-12)22-17(25)8-9-24-16-5-3-2-4-13(16)18(26)23-19(24)27/h2-7,10-11H,8-9H2,1H3,(H,22,25)(H,23,26,27). The van der Waals surface area contributed by atoms with E-state index in [1.54, 1.807) is 31.2 Å². The quantitative estimate of drug-likeness (QED) is 0.719. The van der Waals surface area contributed by atoms with Crippen molar-refractivity contribution in [2.24, 2.45) is 0 Å². The molecule has 1 aromatic heterocycles. The highest BCUT2D eigenvalue weighted by molar-refractivity contribution is 5.79. The summed E-state index contributed by atoms with van der Waals surface area (Å²) >= 11 is 0. The van der Waals surface area contributed by atoms with Gasteiger partial charge in [-0.25, -0.2) is 13.6 Å². The number of benzene rings is 2. The molecule has 0 saturated carbocycles. The molecule has 3 aromatic rings. The van der Waals surface area contributed by atoms with Crippen molar-refractivity contribution in [1.82, 2.24) is 14.9 Å². The third-order valence-electron chi connectivity index (χ3n) is 4.29. The first kappa shape index (κ1) is 18.5. The number of hydrogen-bond donors (Lipinski definition) is 2. The summed E-state index contributed by atoms with van der Waals surface area (Å²) < 4.78 is 27.6. The second-order valence-corrected chi connectivity index (χ2v) is 6.14. The zero-order chi connectivity index (χ0) is 19.6. The van der Waals surface area contributed by atoms with Gasteiger partial charge in [0, 0.05) is 13.0 Å². The summed E-state index contributed by atoms with van der Waals surface area (Å²) in [6, 6.07) is 9.49. The van der Waals surface area contributed by atoms with Gasteiger partial charge in [0.15, 0.2) is 11.6 Å². The minimum atomic E-state index is -0.986. The number of amides is 1. The fourth-order valence-electron chi connectivity index (χ4n) is 2.86. The molecule has 3 rings (SSSR count). The van der Waals surface area contributed by atoms with Crippen molar-refractivity contribution >= 4 is 16.8 Å². The van der Waals surface area contributed by atoms with E-state index in [1.165, 1.54) is 10.6 Å². The van der Waals surface area contributed by atoms with E-state index in [2.05, 4.69) is 10.3 Å². The number of fused-ring (bicyclic) bond motifs is 1. The predicted molar refractivity (Wildman–Crippen MR) is 96.4 cm³/mol. The van der Waals surface area contributed by atoms with Crippen molar-refractivity contribution in [3.05, 3.63) is 80.5 Å². The molecule has 0 aliphatic heterocycles. The van der Waals surface area contributed by atoms with Gasteiger partial charge in [-0.3, -0.25) is 19.1 Å². The summed E-state index contributed by atoms with van der Waals surface area (Å²) in [5.74, 6) is -2.31. The zero-order valence-corrected chi connectivity index (χ0v) is 14.5. The first-order valence-corrected chi connectivity index (χ1v) is 8.33. The van der Waals surface area contributed by atoms with E-state index < -0.39 is 28.9 Å². The van der Waals surface area contributed by atoms with Crippen molar-refractivity contribution < 1.29 is 13.6 Å². The van der Waals surface area contributed by atoms with Crippen LogP contribution >= 0.6 is 0 Å². The number of rotatable bonds is 5. The fourth-order valence-corrected chi connectivity index (χ4v) is 2.86. The smallest absolute Gasteiger partial charge is 0.328 e. The van der Waals surface area contributed by atoms with Gasteiger partial charge in [0.25, 0.3) is 5.56 Å². The van der Waals surface area contributed by atoms with Gasteiger partial charge in [-0.05, 0) is 36.8 Å². The average molecular weight is 373 g/mol. The molecule has 0 bridgehead atoms. The predicted octanol–water partition coefficient (Wildman–Crippen LogP) is 2.24. The maximum absolute atomic E-state index is 13.3. The van der Waals surface area contributed by atoms with Crippen molar-refractivity contribution in [3.8, 4) is 0 Å². The highest BCUT2D eigenvalue weighted by atomic mass is 19.2. The van der Waals surface area contributed by atoms with E-state index in [9.17, 15) is 23.2 Å². The van der Waals surface area contributed by atoms with Crippen molar-refractivity contribution in [3.63, 3.8) is 0 Å². The topological polar surface area (TPSA) is 84.0 Å². The molecule has 27 heavy (non-hydrogen) atoms. The van der Waals surface area contributed by atoms with Gasteiger partial charge in [-0.2, -0.15) is 0 Å². The highest BCUT2D eigenvalue weighted by Gasteiger charge is 2.13. The summed E-state index contributed by atoms with van der Waals surface area (Å²) in [7, 11) is 0. The molecule has 0 spiro atoms. The van der Waals surface area contributed by atoms with Gasteiger partial charge in [0.1, 0.15) is 0 Å². The van der Waals surface area contributed by atoms with Crippen LogP contribution in [0.25, 0.3) is 10.9 Å². The van der Waals surface area contributed by atoms with Crippen LogP contribution in [-0.4, -0.2) is 15.5 Å². The Bertz CT molecular complexity index is 1120. The molecule has 0 aliphatic rings. The summed E-state index contributed by atoms with van der Waals surface area (Å²) in [5, 5.41) is 3.03. The van der Waals surface area contributed by atoms with E-state index in [1.807, 2.05) is 0 Å². The lowest BCUT2D eigenvalue weighted by atomic mass is 10.1. The van der Waals surface area contributed by atoms with Gasteiger partial charge in [0.2, 0.25) is 5.91 Å². The number of H-pyrrole nitrogens is 1. The number of nitrogens with one attached hydrogen (secondary N) is 2. The number of halogens is 2.